The predicted molar refractivity (Wildman–Crippen MR) is 75.8 cm³/mol. The van der Waals surface area contributed by atoms with Gasteiger partial charge in [0, 0.05) is 13.1 Å². The molecule has 19 heavy (non-hydrogen) atoms. The van der Waals surface area contributed by atoms with Crippen LogP contribution in [0.5, 0.6) is 0 Å². The number of fused-ring (bicyclic) bond motifs is 1. The van der Waals surface area contributed by atoms with Crippen molar-refractivity contribution >= 4 is 16.8 Å². The number of aromatic nitrogens is 1. The summed E-state index contributed by atoms with van der Waals surface area (Å²) < 4.78 is 5.77. The van der Waals surface area contributed by atoms with E-state index >= 15 is 0 Å². The molecule has 0 unspecified atom stereocenters. The van der Waals surface area contributed by atoms with Crippen molar-refractivity contribution < 1.29 is 4.42 Å². The smallest absolute Gasteiger partial charge is 0.209 e. The number of oxazole rings is 1. The van der Waals surface area contributed by atoms with Crippen LogP contribution in [0.3, 0.4) is 0 Å². The average molecular weight is 260 g/mol. The summed E-state index contributed by atoms with van der Waals surface area (Å²) in [6.45, 7) is 5.19. The molecule has 3 rings (SSSR count). The zero-order valence-electron chi connectivity index (χ0n) is 11.3. The van der Waals surface area contributed by atoms with Crippen molar-refractivity contribution in [3.05, 3.63) is 24.1 Å². The lowest BCUT2D eigenvalue weighted by atomic mass is 10.3. The minimum absolute atomic E-state index is 0.683. The van der Waals surface area contributed by atoms with Gasteiger partial charge >= 0.3 is 0 Å². The summed E-state index contributed by atoms with van der Waals surface area (Å²) in [4.78, 5) is 9.27. The molecule has 0 spiro atoms. The second kappa shape index (κ2) is 5.19. The molecule has 0 atom stereocenters. The van der Waals surface area contributed by atoms with E-state index in [9.17, 15) is 0 Å². The molecule has 2 N–H and O–H groups in total. The van der Waals surface area contributed by atoms with E-state index in [4.69, 9.17) is 10.2 Å². The number of hydrogen-bond acceptors (Lipinski definition) is 5. The number of nitrogens with zero attached hydrogens (tertiary/aromatic N) is 3. The number of para-hydroxylation sites is 1. The van der Waals surface area contributed by atoms with Crippen LogP contribution in [0.2, 0.25) is 0 Å². The quantitative estimate of drug-likeness (QED) is 0.830. The molecule has 1 aliphatic heterocycles. The second-order valence-electron chi connectivity index (χ2n) is 5.23. The fourth-order valence-corrected chi connectivity index (χ4v) is 2.53. The molecule has 1 saturated heterocycles. The molecular formula is C14H20N4O. The van der Waals surface area contributed by atoms with E-state index in [1.54, 1.807) is 0 Å². The Morgan fingerprint density at radius 2 is 2.16 bits per heavy atom. The monoisotopic (exact) mass is 260 g/mol. The molecule has 0 radical (unpaired) electrons. The van der Waals surface area contributed by atoms with Crippen LogP contribution < -0.4 is 5.73 Å². The summed E-state index contributed by atoms with van der Waals surface area (Å²) in [6.07, 6.45) is 1.19. The standard InChI is InChI=1S/C14H20N4O/c1-17-6-3-7-18(9-8-17)10-13-16-14-11(15)4-2-5-12(14)19-13/h2,4-5H,3,6-10,15H2,1H3. The largest absolute Gasteiger partial charge is 0.439 e. The van der Waals surface area contributed by atoms with Gasteiger partial charge in [-0.1, -0.05) is 6.07 Å². The summed E-state index contributed by atoms with van der Waals surface area (Å²) >= 11 is 0. The van der Waals surface area contributed by atoms with Gasteiger partial charge in [-0.05, 0) is 38.7 Å². The molecule has 1 aromatic carbocycles. The number of anilines is 1. The van der Waals surface area contributed by atoms with E-state index in [1.807, 2.05) is 18.2 Å². The Balaban J connectivity index is 1.76. The van der Waals surface area contributed by atoms with Gasteiger partial charge < -0.3 is 15.1 Å². The molecule has 1 aliphatic rings. The molecule has 2 heterocycles. The van der Waals surface area contributed by atoms with Crippen molar-refractivity contribution in [2.45, 2.75) is 13.0 Å². The van der Waals surface area contributed by atoms with Crippen LogP contribution in [0.1, 0.15) is 12.3 Å². The van der Waals surface area contributed by atoms with Gasteiger partial charge in [0.25, 0.3) is 0 Å². The molecular weight excluding hydrogens is 240 g/mol. The first-order valence-electron chi connectivity index (χ1n) is 6.77. The molecule has 5 nitrogen and oxygen atoms in total. The number of rotatable bonds is 2. The van der Waals surface area contributed by atoms with E-state index in [0.717, 1.165) is 49.7 Å². The molecule has 0 aliphatic carbocycles. The third-order valence-corrected chi connectivity index (χ3v) is 3.67. The maximum atomic E-state index is 5.90. The molecule has 1 aromatic heterocycles. The van der Waals surface area contributed by atoms with Gasteiger partial charge in [0.05, 0.1) is 12.2 Å². The lowest BCUT2D eigenvalue weighted by Crippen LogP contribution is -2.28. The normalized spacial score (nSPS) is 18.8. The predicted octanol–water partition coefficient (Wildman–Crippen LogP) is 1.55. The van der Waals surface area contributed by atoms with Crippen molar-refractivity contribution in [2.75, 3.05) is 39.0 Å². The van der Waals surface area contributed by atoms with Crippen LogP contribution in [-0.4, -0.2) is 48.0 Å². The second-order valence-corrected chi connectivity index (χ2v) is 5.23. The number of benzene rings is 1. The summed E-state index contributed by atoms with van der Waals surface area (Å²) in [6, 6.07) is 5.67. The highest BCUT2D eigenvalue weighted by Crippen LogP contribution is 2.22. The summed E-state index contributed by atoms with van der Waals surface area (Å²) in [7, 11) is 2.17. The van der Waals surface area contributed by atoms with Crippen LogP contribution >= 0.6 is 0 Å². The van der Waals surface area contributed by atoms with E-state index < -0.39 is 0 Å². The topological polar surface area (TPSA) is 58.5 Å². The first-order valence-corrected chi connectivity index (χ1v) is 6.77. The van der Waals surface area contributed by atoms with E-state index in [2.05, 4.69) is 21.8 Å². The molecule has 2 aromatic rings. The van der Waals surface area contributed by atoms with Crippen LogP contribution in [0.15, 0.2) is 22.6 Å². The van der Waals surface area contributed by atoms with Gasteiger partial charge in [-0.3, -0.25) is 4.90 Å². The number of hydrogen-bond donors (Lipinski definition) is 1. The molecule has 102 valence electrons. The SMILES string of the molecule is CN1CCCN(Cc2nc3c(N)cccc3o2)CC1. The Kier molecular flexibility index (Phi) is 3.40. The van der Waals surface area contributed by atoms with Gasteiger partial charge in [-0.15, -0.1) is 0 Å². The fourth-order valence-electron chi connectivity index (χ4n) is 2.53. The molecule has 0 amide bonds. The number of nitrogens with two attached hydrogens (primary N) is 1. The van der Waals surface area contributed by atoms with Crippen molar-refractivity contribution in [3.8, 4) is 0 Å². The number of nitrogen functional groups attached to an aromatic ring is 1. The van der Waals surface area contributed by atoms with Crippen LogP contribution in [-0.2, 0) is 6.54 Å². The molecule has 0 bridgehead atoms. The molecule has 0 saturated carbocycles. The Bertz CT molecular complexity index is 566. The first-order chi connectivity index (χ1) is 9.22. The third-order valence-electron chi connectivity index (χ3n) is 3.67. The fraction of sp³-hybridized carbons (Fsp3) is 0.500. The average Bonchev–Trinajstić information content (AvgIpc) is 2.69. The Hall–Kier alpha value is -1.59. The maximum absolute atomic E-state index is 5.90. The van der Waals surface area contributed by atoms with Crippen LogP contribution in [0.4, 0.5) is 5.69 Å². The minimum Gasteiger partial charge on any atom is -0.439 e. The zero-order valence-corrected chi connectivity index (χ0v) is 11.3. The summed E-state index contributed by atoms with van der Waals surface area (Å²) in [5, 5.41) is 0. The van der Waals surface area contributed by atoms with Crippen LogP contribution in [0.25, 0.3) is 11.1 Å². The van der Waals surface area contributed by atoms with Gasteiger partial charge in [0.1, 0.15) is 5.52 Å². The lowest BCUT2D eigenvalue weighted by molar-refractivity contribution is 0.246. The first kappa shape index (κ1) is 12.4. The summed E-state index contributed by atoms with van der Waals surface area (Å²) in [5.41, 5.74) is 8.15. The third kappa shape index (κ3) is 2.72. The maximum Gasteiger partial charge on any atom is 0.209 e. The highest BCUT2D eigenvalue weighted by molar-refractivity contribution is 5.85. The van der Waals surface area contributed by atoms with Gasteiger partial charge in [0.2, 0.25) is 5.89 Å². The van der Waals surface area contributed by atoms with Gasteiger partial charge in [-0.2, -0.15) is 0 Å². The Morgan fingerprint density at radius 1 is 1.26 bits per heavy atom. The van der Waals surface area contributed by atoms with E-state index in [-0.39, 0.29) is 0 Å². The van der Waals surface area contributed by atoms with Crippen molar-refractivity contribution in [3.63, 3.8) is 0 Å². The van der Waals surface area contributed by atoms with Gasteiger partial charge in [0.15, 0.2) is 5.58 Å². The Labute approximate surface area is 113 Å². The zero-order chi connectivity index (χ0) is 13.2. The highest BCUT2D eigenvalue weighted by Gasteiger charge is 2.15. The van der Waals surface area contributed by atoms with Crippen molar-refractivity contribution in [2.24, 2.45) is 0 Å². The van der Waals surface area contributed by atoms with Crippen molar-refractivity contribution in [1.29, 1.82) is 0 Å². The molecule has 5 heteroatoms. The number of likely N-dealkylation sites (N-methyl/N-ethyl adjacent to an activating group) is 1. The van der Waals surface area contributed by atoms with Crippen molar-refractivity contribution in [1.82, 2.24) is 14.8 Å². The van der Waals surface area contributed by atoms with Gasteiger partial charge in [-0.25, -0.2) is 4.98 Å². The Morgan fingerprint density at radius 3 is 3.00 bits per heavy atom. The van der Waals surface area contributed by atoms with E-state index in [1.165, 1.54) is 6.42 Å². The summed E-state index contributed by atoms with van der Waals surface area (Å²) in [5.74, 6) is 0.762. The lowest BCUT2D eigenvalue weighted by Gasteiger charge is -2.17. The minimum atomic E-state index is 0.683. The van der Waals surface area contributed by atoms with Crippen LogP contribution in [0, 0.1) is 0 Å². The highest BCUT2D eigenvalue weighted by atomic mass is 16.3. The molecule has 1 fully saturated rings. The van der Waals surface area contributed by atoms with E-state index in [0.29, 0.717) is 5.69 Å².